The number of rotatable bonds is 5. The molecule has 0 aromatic carbocycles. The average molecular weight is 304 g/mol. The second kappa shape index (κ2) is 6.74. The Morgan fingerprint density at radius 2 is 2.18 bits per heavy atom. The summed E-state index contributed by atoms with van der Waals surface area (Å²) in [5.74, 6) is 0.932. The monoisotopic (exact) mass is 303 g/mol. The van der Waals surface area contributed by atoms with E-state index in [1.807, 2.05) is 0 Å². The SMILES string of the molecule is O=C1CC[C@@H]2CC[C@H](OCCCCBr)C[C@@H]2N1. The van der Waals surface area contributed by atoms with Gasteiger partial charge in [0.1, 0.15) is 0 Å². The number of nitrogens with one attached hydrogen (secondary N) is 1. The minimum Gasteiger partial charge on any atom is -0.378 e. The van der Waals surface area contributed by atoms with E-state index in [0.717, 1.165) is 37.6 Å². The lowest BCUT2D eigenvalue weighted by Gasteiger charge is -2.39. The van der Waals surface area contributed by atoms with Crippen molar-refractivity contribution in [3.8, 4) is 0 Å². The van der Waals surface area contributed by atoms with Gasteiger partial charge in [-0.25, -0.2) is 0 Å². The molecule has 1 amide bonds. The minimum absolute atomic E-state index is 0.228. The van der Waals surface area contributed by atoms with Gasteiger partial charge in [-0.15, -0.1) is 0 Å². The molecule has 1 heterocycles. The third kappa shape index (κ3) is 3.95. The molecule has 0 radical (unpaired) electrons. The van der Waals surface area contributed by atoms with Gasteiger partial charge in [0, 0.05) is 24.4 Å². The molecule has 0 aromatic heterocycles. The Kier molecular flexibility index (Phi) is 5.29. The van der Waals surface area contributed by atoms with Gasteiger partial charge in [-0.2, -0.15) is 0 Å². The molecule has 3 nitrogen and oxygen atoms in total. The maximum atomic E-state index is 11.4. The van der Waals surface area contributed by atoms with Gasteiger partial charge >= 0.3 is 0 Å². The van der Waals surface area contributed by atoms with Crippen LogP contribution in [-0.4, -0.2) is 30.0 Å². The Hall–Kier alpha value is -0.0900. The van der Waals surface area contributed by atoms with E-state index in [1.165, 1.54) is 19.3 Å². The minimum atomic E-state index is 0.228. The summed E-state index contributed by atoms with van der Waals surface area (Å²) in [5, 5.41) is 4.18. The third-order valence-corrected chi connectivity index (χ3v) is 4.48. The zero-order chi connectivity index (χ0) is 12.1. The van der Waals surface area contributed by atoms with Crippen molar-refractivity contribution < 1.29 is 9.53 Å². The molecule has 1 N–H and O–H groups in total. The highest BCUT2D eigenvalue weighted by atomic mass is 79.9. The molecule has 4 heteroatoms. The summed E-state index contributed by atoms with van der Waals surface area (Å²) < 4.78 is 5.90. The first-order chi connectivity index (χ1) is 8.29. The van der Waals surface area contributed by atoms with Gasteiger partial charge in [-0.3, -0.25) is 4.79 Å². The molecule has 0 spiro atoms. The number of hydrogen-bond donors (Lipinski definition) is 1. The first-order valence-corrected chi connectivity index (χ1v) is 7.88. The largest absolute Gasteiger partial charge is 0.378 e. The smallest absolute Gasteiger partial charge is 0.220 e. The van der Waals surface area contributed by atoms with Crippen LogP contribution in [0, 0.1) is 5.92 Å². The van der Waals surface area contributed by atoms with Crippen molar-refractivity contribution in [2.75, 3.05) is 11.9 Å². The second-order valence-corrected chi connectivity index (χ2v) is 5.97. The van der Waals surface area contributed by atoms with E-state index in [0.29, 0.717) is 18.1 Å². The van der Waals surface area contributed by atoms with E-state index in [4.69, 9.17) is 4.74 Å². The van der Waals surface area contributed by atoms with Crippen molar-refractivity contribution in [1.29, 1.82) is 0 Å². The molecule has 1 saturated heterocycles. The van der Waals surface area contributed by atoms with E-state index in [9.17, 15) is 4.79 Å². The maximum absolute atomic E-state index is 11.4. The summed E-state index contributed by atoms with van der Waals surface area (Å²) in [6.45, 7) is 0.863. The van der Waals surface area contributed by atoms with E-state index in [-0.39, 0.29) is 5.91 Å². The summed E-state index contributed by atoms with van der Waals surface area (Å²) in [6, 6.07) is 0.381. The molecule has 0 unspecified atom stereocenters. The number of halogens is 1. The van der Waals surface area contributed by atoms with Crippen LogP contribution >= 0.6 is 15.9 Å². The molecule has 98 valence electrons. The molecule has 2 fully saturated rings. The highest BCUT2D eigenvalue weighted by molar-refractivity contribution is 9.09. The highest BCUT2D eigenvalue weighted by Crippen LogP contribution is 2.32. The van der Waals surface area contributed by atoms with Gasteiger partial charge in [0.25, 0.3) is 0 Å². The van der Waals surface area contributed by atoms with Gasteiger partial charge in [-0.1, -0.05) is 15.9 Å². The summed E-state index contributed by atoms with van der Waals surface area (Å²) in [6.07, 6.45) is 7.87. The standard InChI is InChI=1S/C13H22BrNO2/c14-7-1-2-8-17-11-5-3-10-4-6-13(16)15-12(10)9-11/h10-12H,1-9H2,(H,15,16)/t10-,11-,12-/m0/s1. The first kappa shape index (κ1) is 13.3. The molecular formula is C13H22BrNO2. The van der Waals surface area contributed by atoms with Crippen molar-refractivity contribution in [2.45, 2.75) is 57.1 Å². The number of carbonyl (C=O) groups is 1. The zero-order valence-corrected chi connectivity index (χ0v) is 11.9. The Morgan fingerprint density at radius 1 is 1.29 bits per heavy atom. The number of carbonyl (C=O) groups excluding carboxylic acids is 1. The molecule has 3 atom stereocenters. The molecule has 0 bridgehead atoms. The molecule has 0 aromatic rings. The molecule has 1 aliphatic heterocycles. The van der Waals surface area contributed by atoms with Crippen LogP contribution in [0.15, 0.2) is 0 Å². The van der Waals surface area contributed by atoms with Crippen LogP contribution in [0.4, 0.5) is 0 Å². The molecule has 1 aliphatic carbocycles. The van der Waals surface area contributed by atoms with Crippen molar-refractivity contribution in [3.63, 3.8) is 0 Å². The predicted octanol–water partition coefficient (Wildman–Crippen LogP) is 2.63. The normalized spacial score (nSPS) is 33.0. The van der Waals surface area contributed by atoms with Crippen molar-refractivity contribution in [2.24, 2.45) is 5.92 Å². The predicted molar refractivity (Wildman–Crippen MR) is 71.3 cm³/mol. The van der Waals surface area contributed by atoms with Crippen LogP contribution in [0.1, 0.15) is 44.9 Å². The fourth-order valence-electron chi connectivity index (χ4n) is 2.91. The third-order valence-electron chi connectivity index (χ3n) is 3.92. The number of alkyl halides is 1. The second-order valence-electron chi connectivity index (χ2n) is 5.17. The topological polar surface area (TPSA) is 38.3 Å². The fraction of sp³-hybridized carbons (Fsp3) is 0.923. The van der Waals surface area contributed by atoms with Gasteiger partial charge < -0.3 is 10.1 Å². The van der Waals surface area contributed by atoms with Crippen LogP contribution in [0.5, 0.6) is 0 Å². The van der Waals surface area contributed by atoms with Crippen molar-refractivity contribution in [3.05, 3.63) is 0 Å². The lowest BCUT2D eigenvalue weighted by molar-refractivity contribution is -0.125. The Balaban J connectivity index is 1.70. The summed E-state index contributed by atoms with van der Waals surface area (Å²) in [7, 11) is 0. The molecule has 17 heavy (non-hydrogen) atoms. The molecule has 2 rings (SSSR count). The van der Waals surface area contributed by atoms with Crippen LogP contribution in [0.25, 0.3) is 0 Å². The Morgan fingerprint density at radius 3 is 3.00 bits per heavy atom. The van der Waals surface area contributed by atoms with Gasteiger partial charge in [-0.05, 0) is 44.4 Å². The summed E-state index contributed by atoms with van der Waals surface area (Å²) >= 11 is 3.42. The highest BCUT2D eigenvalue weighted by Gasteiger charge is 2.34. The van der Waals surface area contributed by atoms with Crippen molar-refractivity contribution in [1.82, 2.24) is 5.32 Å². The van der Waals surface area contributed by atoms with Gasteiger partial charge in [0.05, 0.1) is 6.10 Å². The van der Waals surface area contributed by atoms with Gasteiger partial charge in [0.2, 0.25) is 5.91 Å². The number of ether oxygens (including phenoxy) is 1. The number of piperidine rings is 1. The molecule has 1 saturated carbocycles. The van der Waals surface area contributed by atoms with Crippen molar-refractivity contribution >= 4 is 21.8 Å². The van der Waals surface area contributed by atoms with E-state index in [2.05, 4.69) is 21.2 Å². The quantitative estimate of drug-likeness (QED) is 0.626. The number of fused-ring (bicyclic) bond motifs is 1. The van der Waals surface area contributed by atoms with Crippen LogP contribution in [0.2, 0.25) is 0 Å². The van der Waals surface area contributed by atoms with E-state index in [1.54, 1.807) is 0 Å². The van der Waals surface area contributed by atoms with E-state index < -0.39 is 0 Å². The van der Waals surface area contributed by atoms with Crippen LogP contribution in [0.3, 0.4) is 0 Å². The maximum Gasteiger partial charge on any atom is 0.220 e. The number of amides is 1. The van der Waals surface area contributed by atoms with Crippen LogP contribution in [-0.2, 0) is 9.53 Å². The lowest BCUT2D eigenvalue weighted by atomic mass is 9.78. The lowest BCUT2D eigenvalue weighted by Crippen LogP contribution is -2.49. The number of unbranched alkanes of at least 4 members (excludes halogenated alkanes) is 1. The summed E-state index contributed by atoms with van der Waals surface area (Å²) in [4.78, 5) is 11.4. The van der Waals surface area contributed by atoms with Crippen LogP contribution < -0.4 is 5.32 Å². The Labute approximate surface area is 112 Å². The number of hydrogen-bond acceptors (Lipinski definition) is 2. The molecule has 2 aliphatic rings. The van der Waals surface area contributed by atoms with Gasteiger partial charge in [0.15, 0.2) is 0 Å². The fourth-order valence-corrected chi connectivity index (χ4v) is 3.31. The average Bonchev–Trinajstić information content (AvgIpc) is 2.34. The van der Waals surface area contributed by atoms with E-state index >= 15 is 0 Å². The molecular weight excluding hydrogens is 282 g/mol. The Bertz CT molecular complexity index is 260. The summed E-state index contributed by atoms with van der Waals surface area (Å²) in [5.41, 5.74) is 0. The zero-order valence-electron chi connectivity index (χ0n) is 10.3. The first-order valence-electron chi connectivity index (χ1n) is 6.76.